The Kier molecular flexibility index (Phi) is 6.21. The van der Waals surface area contributed by atoms with E-state index in [1.165, 1.54) is 4.46 Å². The van der Waals surface area contributed by atoms with Gasteiger partial charge in [0, 0.05) is 0 Å². The van der Waals surface area contributed by atoms with Crippen LogP contribution in [-0.4, -0.2) is 37.7 Å². The van der Waals surface area contributed by atoms with Crippen molar-refractivity contribution in [3.8, 4) is 6.07 Å². The predicted molar refractivity (Wildman–Crippen MR) is 93.0 cm³/mol. The first-order valence-corrected chi connectivity index (χ1v) is 9.04. The van der Waals surface area contributed by atoms with Crippen molar-refractivity contribution < 1.29 is 0 Å². The summed E-state index contributed by atoms with van der Waals surface area (Å²) in [5, 5.41) is 8.88. The molecular weight excluding hydrogens is 337 g/mol. The Morgan fingerprint density at radius 2 is 1.68 bits per heavy atom. The Balaban J connectivity index is 2.30. The van der Waals surface area contributed by atoms with Crippen LogP contribution in [0, 0.1) is 11.3 Å². The standard InChI is InChI=1S/C18H19N3Se/c1-3-21(4-2)18(22-17-8-6-5-7-9-17)20-16-12-10-15(14-19)11-13-16/h5-13H,3-4H2,1-2H3. The second-order valence-corrected chi connectivity index (χ2v) is 6.82. The Labute approximate surface area is 138 Å². The number of nitriles is 1. The summed E-state index contributed by atoms with van der Waals surface area (Å²) in [6.07, 6.45) is 0. The molecule has 3 nitrogen and oxygen atoms in total. The van der Waals surface area contributed by atoms with Crippen molar-refractivity contribution in [2.24, 2.45) is 4.99 Å². The van der Waals surface area contributed by atoms with E-state index in [-0.39, 0.29) is 15.0 Å². The summed E-state index contributed by atoms with van der Waals surface area (Å²) in [5.41, 5.74) is 1.57. The molecule has 0 heterocycles. The second-order valence-electron chi connectivity index (χ2n) is 4.64. The maximum absolute atomic E-state index is 8.88. The van der Waals surface area contributed by atoms with Gasteiger partial charge in [0.2, 0.25) is 0 Å². The zero-order valence-electron chi connectivity index (χ0n) is 12.9. The second kappa shape index (κ2) is 8.38. The molecule has 0 aliphatic carbocycles. The number of nitrogens with zero attached hydrogens (tertiary/aromatic N) is 3. The van der Waals surface area contributed by atoms with Gasteiger partial charge in [0.15, 0.2) is 0 Å². The van der Waals surface area contributed by atoms with Gasteiger partial charge in [0.1, 0.15) is 0 Å². The first kappa shape index (κ1) is 16.3. The van der Waals surface area contributed by atoms with Crippen LogP contribution in [0.3, 0.4) is 0 Å². The van der Waals surface area contributed by atoms with Gasteiger partial charge >= 0.3 is 138 Å². The zero-order chi connectivity index (χ0) is 15.8. The number of aliphatic imine (C=N–C) groups is 1. The van der Waals surface area contributed by atoms with Gasteiger partial charge in [0.05, 0.1) is 0 Å². The average Bonchev–Trinajstić information content (AvgIpc) is 2.57. The summed E-state index contributed by atoms with van der Waals surface area (Å²) < 4.78 is 2.43. The Morgan fingerprint density at radius 1 is 1.05 bits per heavy atom. The van der Waals surface area contributed by atoms with Crippen molar-refractivity contribution in [3.05, 3.63) is 60.2 Å². The summed E-state index contributed by atoms with van der Waals surface area (Å²) in [7, 11) is 0. The molecule has 2 rings (SSSR count). The molecule has 0 saturated carbocycles. The Morgan fingerprint density at radius 3 is 2.23 bits per heavy atom. The number of rotatable bonds is 5. The molecule has 112 valence electrons. The molecule has 0 amide bonds. The van der Waals surface area contributed by atoms with Gasteiger partial charge in [-0.25, -0.2) is 0 Å². The molecule has 0 fully saturated rings. The fourth-order valence-electron chi connectivity index (χ4n) is 1.97. The molecule has 0 aliphatic heterocycles. The molecule has 0 spiro atoms. The molecule has 0 radical (unpaired) electrons. The molecule has 0 atom stereocenters. The van der Waals surface area contributed by atoms with Crippen LogP contribution in [0.5, 0.6) is 0 Å². The summed E-state index contributed by atoms with van der Waals surface area (Å²) >= 11 is 0.168. The van der Waals surface area contributed by atoms with E-state index in [4.69, 9.17) is 10.3 Å². The molecule has 0 saturated heterocycles. The number of amidine groups is 1. The summed E-state index contributed by atoms with van der Waals surface area (Å²) in [5.74, 6) is 0. The van der Waals surface area contributed by atoms with E-state index in [0.29, 0.717) is 5.56 Å². The topological polar surface area (TPSA) is 39.4 Å². The van der Waals surface area contributed by atoms with Crippen LogP contribution in [0.25, 0.3) is 0 Å². The maximum atomic E-state index is 8.88. The van der Waals surface area contributed by atoms with Gasteiger partial charge in [-0.3, -0.25) is 0 Å². The van der Waals surface area contributed by atoms with Gasteiger partial charge in [0.25, 0.3) is 0 Å². The molecule has 0 unspecified atom stereocenters. The van der Waals surface area contributed by atoms with Gasteiger partial charge in [-0.05, 0) is 0 Å². The van der Waals surface area contributed by atoms with E-state index >= 15 is 0 Å². The van der Waals surface area contributed by atoms with E-state index in [2.05, 4.69) is 49.1 Å². The number of hydrogen-bond donors (Lipinski definition) is 0. The van der Waals surface area contributed by atoms with E-state index in [1.807, 2.05) is 30.3 Å². The fourth-order valence-corrected chi connectivity index (χ4v) is 4.15. The number of hydrogen-bond acceptors (Lipinski definition) is 2. The van der Waals surface area contributed by atoms with E-state index in [0.717, 1.165) is 23.5 Å². The normalized spacial score (nSPS) is 11.0. The van der Waals surface area contributed by atoms with E-state index < -0.39 is 0 Å². The van der Waals surface area contributed by atoms with E-state index in [9.17, 15) is 0 Å². The van der Waals surface area contributed by atoms with Crippen LogP contribution in [-0.2, 0) is 0 Å². The van der Waals surface area contributed by atoms with Crippen LogP contribution >= 0.6 is 0 Å². The van der Waals surface area contributed by atoms with Crippen molar-refractivity contribution in [2.75, 3.05) is 13.1 Å². The van der Waals surface area contributed by atoms with Crippen molar-refractivity contribution in [2.45, 2.75) is 13.8 Å². The summed E-state index contributed by atoms with van der Waals surface area (Å²) in [4.78, 5) is 7.13. The predicted octanol–water partition coefficient (Wildman–Crippen LogP) is 2.92. The molecule has 22 heavy (non-hydrogen) atoms. The first-order chi connectivity index (χ1) is 10.8. The van der Waals surface area contributed by atoms with Crippen LogP contribution in [0.15, 0.2) is 59.6 Å². The van der Waals surface area contributed by atoms with Gasteiger partial charge in [-0.1, -0.05) is 0 Å². The third kappa shape index (κ3) is 4.46. The van der Waals surface area contributed by atoms with Crippen LogP contribution in [0.1, 0.15) is 19.4 Å². The van der Waals surface area contributed by atoms with Crippen molar-refractivity contribution in [1.82, 2.24) is 4.90 Å². The monoisotopic (exact) mass is 357 g/mol. The molecule has 0 aromatic heterocycles. The van der Waals surface area contributed by atoms with Crippen LogP contribution in [0.2, 0.25) is 0 Å². The van der Waals surface area contributed by atoms with Gasteiger partial charge < -0.3 is 0 Å². The minimum atomic E-state index is 0.168. The zero-order valence-corrected chi connectivity index (χ0v) is 14.6. The minimum absolute atomic E-state index is 0.168. The Hall–Kier alpha value is -2.08. The first-order valence-electron chi connectivity index (χ1n) is 7.33. The van der Waals surface area contributed by atoms with Crippen molar-refractivity contribution >= 4 is 29.8 Å². The van der Waals surface area contributed by atoms with Crippen LogP contribution in [0.4, 0.5) is 5.69 Å². The molecule has 4 heteroatoms. The molecule has 0 bridgehead atoms. The average molecular weight is 356 g/mol. The fraction of sp³-hybridized carbons (Fsp3) is 0.222. The summed E-state index contributed by atoms with van der Waals surface area (Å²) in [6.45, 7) is 6.19. The SMILES string of the molecule is CCN(CC)C(=Nc1ccc(C#N)cc1)[Se]c1ccccc1. The van der Waals surface area contributed by atoms with E-state index in [1.54, 1.807) is 0 Å². The quantitative estimate of drug-likeness (QED) is 0.469. The molecule has 2 aromatic carbocycles. The van der Waals surface area contributed by atoms with Crippen molar-refractivity contribution in [1.29, 1.82) is 5.26 Å². The molecule has 2 aromatic rings. The van der Waals surface area contributed by atoms with Gasteiger partial charge in [-0.2, -0.15) is 0 Å². The number of benzene rings is 2. The summed E-state index contributed by atoms with van der Waals surface area (Å²) in [6, 6.07) is 20.1. The Bertz CT molecular complexity index is 653. The molecule has 0 aliphatic rings. The van der Waals surface area contributed by atoms with Crippen LogP contribution < -0.4 is 4.46 Å². The third-order valence-corrected chi connectivity index (χ3v) is 5.39. The molecule has 0 N–H and O–H groups in total. The van der Waals surface area contributed by atoms with Gasteiger partial charge in [-0.15, -0.1) is 0 Å². The molecular formula is C18H19N3Se. The van der Waals surface area contributed by atoms with Crippen molar-refractivity contribution in [3.63, 3.8) is 0 Å². The third-order valence-electron chi connectivity index (χ3n) is 3.21.